The second kappa shape index (κ2) is 6.35. The molecule has 0 radical (unpaired) electrons. The number of anilines is 2. The van der Waals surface area contributed by atoms with E-state index in [1.165, 1.54) is 0 Å². The topological polar surface area (TPSA) is 59.6 Å². The Morgan fingerprint density at radius 1 is 1.48 bits per heavy atom. The van der Waals surface area contributed by atoms with Gasteiger partial charge in [-0.15, -0.1) is 0 Å². The van der Waals surface area contributed by atoms with Crippen LogP contribution < -0.4 is 15.4 Å². The molecule has 2 rings (SSSR count). The van der Waals surface area contributed by atoms with Crippen LogP contribution in [0.4, 0.5) is 11.4 Å². The van der Waals surface area contributed by atoms with Crippen molar-refractivity contribution in [2.24, 2.45) is 0 Å². The predicted octanol–water partition coefficient (Wildman–Crippen LogP) is 3.02. The van der Waals surface area contributed by atoms with Gasteiger partial charge in [-0.05, 0) is 39.3 Å². The molecule has 1 aliphatic heterocycles. The average molecular weight is 292 g/mol. The second-order valence-corrected chi connectivity index (χ2v) is 6.07. The van der Waals surface area contributed by atoms with Gasteiger partial charge in [0.1, 0.15) is 24.1 Å². The highest BCUT2D eigenvalue weighted by Gasteiger charge is 2.25. The molecule has 1 aromatic rings. The van der Waals surface area contributed by atoms with Crippen LogP contribution in [-0.4, -0.2) is 30.8 Å². The van der Waals surface area contributed by atoms with Crippen LogP contribution in [0.2, 0.25) is 0 Å². The molecule has 5 nitrogen and oxygen atoms in total. The lowest BCUT2D eigenvalue weighted by atomic mass is 10.1. The maximum absolute atomic E-state index is 12.4. The van der Waals surface area contributed by atoms with Crippen molar-refractivity contribution < 1.29 is 14.3 Å². The highest BCUT2D eigenvalue weighted by molar-refractivity contribution is 5.98. The third-order valence-corrected chi connectivity index (χ3v) is 3.10. The molecule has 1 unspecified atom stereocenters. The SMILES string of the molecule is CCC(OC(C)(C)C)C(=O)Nc1cccc2c1NCCO2. The van der Waals surface area contributed by atoms with Crippen molar-refractivity contribution in [2.75, 3.05) is 23.8 Å². The van der Waals surface area contributed by atoms with Crippen molar-refractivity contribution in [3.63, 3.8) is 0 Å². The van der Waals surface area contributed by atoms with Crippen molar-refractivity contribution in [3.8, 4) is 5.75 Å². The minimum absolute atomic E-state index is 0.131. The van der Waals surface area contributed by atoms with Gasteiger partial charge in [0.25, 0.3) is 5.91 Å². The second-order valence-electron chi connectivity index (χ2n) is 6.07. The first-order chi connectivity index (χ1) is 9.90. The smallest absolute Gasteiger partial charge is 0.253 e. The lowest BCUT2D eigenvalue weighted by Crippen LogP contribution is -2.36. The average Bonchev–Trinajstić information content (AvgIpc) is 2.44. The summed E-state index contributed by atoms with van der Waals surface area (Å²) in [5.74, 6) is 0.636. The normalized spacial score (nSPS) is 15.4. The Balaban J connectivity index is 2.12. The van der Waals surface area contributed by atoms with Gasteiger partial charge in [-0.1, -0.05) is 13.0 Å². The van der Waals surface area contributed by atoms with E-state index in [0.717, 1.165) is 23.7 Å². The number of rotatable bonds is 4. The molecule has 0 aromatic heterocycles. The number of carbonyl (C=O) groups excluding carboxylic acids is 1. The Labute approximate surface area is 126 Å². The van der Waals surface area contributed by atoms with Gasteiger partial charge in [-0.25, -0.2) is 0 Å². The van der Waals surface area contributed by atoms with Crippen LogP contribution >= 0.6 is 0 Å². The zero-order valence-corrected chi connectivity index (χ0v) is 13.2. The Bertz CT molecular complexity index is 509. The number of carbonyl (C=O) groups is 1. The zero-order valence-electron chi connectivity index (χ0n) is 13.2. The minimum atomic E-state index is -0.467. The molecule has 0 fully saturated rings. The fourth-order valence-corrected chi connectivity index (χ4v) is 2.24. The van der Waals surface area contributed by atoms with E-state index >= 15 is 0 Å². The van der Waals surface area contributed by atoms with E-state index in [9.17, 15) is 4.79 Å². The van der Waals surface area contributed by atoms with E-state index in [0.29, 0.717) is 13.0 Å². The van der Waals surface area contributed by atoms with Crippen LogP contribution in [0.3, 0.4) is 0 Å². The lowest BCUT2D eigenvalue weighted by molar-refractivity contribution is -0.137. The van der Waals surface area contributed by atoms with Crippen molar-refractivity contribution in [1.29, 1.82) is 0 Å². The lowest BCUT2D eigenvalue weighted by Gasteiger charge is -2.27. The summed E-state index contributed by atoms with van der Waals surface area (Å²) in [4.78, 5) is 12.4. The first-order valence-corrected chi connectivity index (χ1v) is 7.39. The molecule has 116 valence electrons. The Kier molecular flexibility index (Phi) is 4.73. The summed E-state index contributed by atoms with van der Waals surface area (Å²) in [6.45, 7) is 9.15. The van der Waals surface area contributed by atoms with E-state index in [2.05, 4.69) is 10.6 Å². The van der Waals surface area contributed by atoms with Crippen LogP contribution in [0.15, 0.2) is 18.2 Å². The van der Waals surface area contributed by atoms with Gasteiger partial charge in [-0.3, -0.25) is 4.79 Å². The minimum Gasteiger partial charge on any atom is -0.490 e. The monoisotopic (exact) mass is 292 g/mol. The number of ether oxygens (including phenoxy) is 2. The van der Waals surface area contributed by atoms with Crippen LogP contribution in [0.1, 0.15) is 34.1 Å². The van der Waals surface area contributed by atoms with Gasteiger partial charge >= 0.3 is 0 Å². The number of para-hydroxylation sites is 1. The number of benzene rings is 1. The van der Waals surface area contributed by atoms with Crippen LogP contribution in [-0.2, 0) is 9.53 Å². The zero-order chi connectivity index (χ0) is 15.5. The number of amides is 1. The van der Waals surface area contributed by atoms with E-state index < -0.39 is 6.10 Å². The van der Waals surface area contributed by atoms with Gasteiger partial charge in [0.15, 0.2) is 0 Å². The number of hydrogen-bond acceptors (Lipinski definition) is 4. The maximum atomic E-state index is 12.4. The number of fused-ring (bicyclic) bond motifs is 1. The third-order valence-electron chi connectivity index (χ3n) is 3.10. The summed E-state index contributed by atoms with van der Waals surface area (Å²) in [7, 11) is 0. The van der Waals surface area contributed by atoms with Crippen LogP contribution in [0.5, 0.6) is 5.75 Å². The highest BCUT2D eigenvalue weighted by atomic mass is 16.5. The number of hydrogen-bond donors (Lipinski definition) is 2. The first kappa shape index (κ1) is 15.6. The molecule has 0 saturated heterocycles. The molecule has 1 aromatic carbocycles. The highest BCUT2D eigenvalue weighted by Crippen LogP contribution is 2.34. The van der Waals surface area contributed by atoms with Crippen LogP contribution in [0, 0.1) is 0 Å². The van der Waals surface area contributed by atoms with E-state index in [1.54, 1.807) is 0 Å². The van der Waals surface area contributed by atoms with E-state index in [4.69, 9.17) is 9.47 Å². The van der Waals surface area contributed by atoms with Gasteiger partial charge in [0, 0.05) is 6.54 Å². The molecule has 0 spiro atoms. The summed E-state index contributed by atoms with van der Waals surface area (Å²) >= 11 is 0. The van der Waals surface area contributed by atoms with Gasteiger partial charge < -0.3 is 20.1 Å². The largest absolute Gasteiger partial charge is 0.490 e. The summed E-state index contributed by atoms with van der Waals surface area (Å²) < 4.78 is 11.4. The Morgan fingerprint density at radius 3 is 2.90 bits per heavy atom. The fourth-order valence-electron chi connectivity index (χ4n) is 2.24. The molecule has 1 atom stereocenters. The molecule has 21 heavy (non-hydrogen) atoms. The summed E-state index contributed by atoms with van der Waals surface area (Å²) in [6.07, 6.45) is 0.160. The molecular formula is C16H24N2O3. The predicted molar refractivity (Wildman–Crippen MR) is 84.0 cm³/mol. The van der Waals surface area contributed by atoms with E-state index in [-0.39, 0.29) is 11.5 Å². The Hall–Kier alpha value is -1.75. The van der Waals surface area contributed by atoms with Gasteiger partial charge in [-0.2, -0.15) is 0 Å². The van der Waals surface area contributed by atoms with Crippen molar-refractivity contribution in [1.82, 2.24) is 0 Å². The standard InChI is InChI=1S/C16H24N2O3/c1-5-12(21-16(2,3)4)15(19)18-11-7-6-8-13-14(11)17-9-10-20-13/h6-8,12,17H,5,9-10H2,1-4H3,(H,18,19). The summed E-state index contributed by atoms with van der Waals surface area (Å²) in [5.41, 5.74) is 1.21. The summed E-state index contributed by atoms with van der Waals surface area (Å²) in [6, 6.07) is 5.62. The van der Waals surface area contributed by atoms with Gasteiger partial charge in [0.2, 0.25) is 0 Å². The molecule has 0 aliphatic carbocycles. The maximum Gasteiger partial charge on any atom is 0.253 e. The molecule has 0 bridgehead atoms. The van der Waals surface area contributed by atoms with E-state index in [1.807, 2.05) is 45.9 Å². The molecule has 1 heterocycles. The molecule has 5 heteroatoms. The van der Waals surface area contributed by atoms with Gasteiger partial charge in [0.05, 0.1) is 11.3 Å². The van der Waals surface area contributed by atoms with Crippen molar-refractivity contribution in [2.45, 2.75) is 45.8 Å². The molecule has 2 N–H and O–H groups in total. The molecule has 0 saturated carbocycles. The molecule has 1 aliphatic rings. The first-order valence-electron chi connectivity index (χ1n) is 7.39. The fraction of sp³-hybridized carbons (Fsp3) is 0.562. The molecular weight excluding hydrogens is 268 g/mol. The van der Waals surface area contributed by atoms with Crippen molar-refractivity contribution in [3.05, 3.63) is 18.2 Å². The Morgan fingerprint density at radius 2 is 2.24 bits per heavy atom. The number of nitrogens with one attached hydrogen (secondary N) is 2. The van der Waals surface area contributed by atoms with Crippen LogP contribution in [0.25, 0.3) is 0 Å². The summed E-state index contributed by atoms with van der Waals surface area (Å²) in [5, 5.41) is 6.20. The van der Waals surface area contributed by atoms with Crippen molar-refractivity contribution >= 4 is 17.3 Å². The third kappa shape index (κ3) is 4.11. The molecule has 1 amide bonds. The quantitative estimate of drug-likeness (QED) is 0.895.